The SMILES string of the molecule is C=CCNC1=C(C)C(=O)c2[nH]cc(C)c2C1=O. The maximum absolute atomic E-state index is 12.2. The quantitative estimate of drug-likeness (QED) is 0.778. The number of rotatable bonds is 3. The lowest BCUT2D eigenvalue weighted by Crippen LogP contribution is -2.29. The fourth-order valence-corrected chi connectivity index (χ4v) is 1.98. The number of aryl methyl sites for hydroxylation is 1. The lowest BCUT2D eigenvalue weighted by molar-refractivity contribution is 0.0966. The number of Topliss-reactive ketones (excluding diaryl/α,β-unsaturated/α-hetero) is 2. The second-order valence-electron chi connectivity index (χ2n) is 4.05. The molecule has 0 aliphatic heterocycles. The van der Waals surface area contributed by atoms with Gasteiger partial charge >= 0.3 is 0 Å². The highest BCUT2D eigenvalue weighted by Gasteiger charge is 2.32. The summed E-state index contributed by atoms with van der Waals surface area (Å²) in [6.07, 6.45) is 3.34. The first kappa shape index (κ1) is 11.4. The number of aromatic amines is 1. The molecule has 1 aliphatic rings. The highest BCUT2D eigenvalue weighted by molar-refractivity contribution is 6.26. The number of hydrogen-bond donors (Lipinski definition) is 2. The van der Waals surface area contributed by atoms with Crippen molar-refractivity contribution in [1.29, 1.82) is 0 Å². The summed E-state index contributed by atoms with van der Waals surface area (Å²) in [6, 6.07) is 0. The van der Waals surface area contributed by atoms with Crippen LogP contribution >= 0.6 is 0 Å². The number of nitrogens with one attached hydrogen (secondary N) is 2. The van der Waals surface area contributed by atoms with E-state index >= 15 is 0 Å². The van der Waals surface area contributed by atoms with Gasteiger partial charge in [-0.05, 0) is 19.4 Å². The van der Waals surface area contributed by atoms with E-state index in [0.29, 0.717) is 29.1 Å². The topological polar surface area (TPSA) is 62.0 Å². The molecule has 0 aromatic carbocycles. The zero-order chi connectivity index (χ0) is 12.6. The molecule has 1 heterocycles. The van der Waals surface area contributed by atoms with E-state index in [2.05, 4.69) is 16.9 Å². The van der Waals surface area contributed by atoms with Crippen LogP contribution in [-0.4, -0.2) is 23.1 Å². The number of H-pyrrole nitrogens is 1. The molecule has 0 spiro atoms. The number of carbonyl (C=O) groups is 2. The van der Waals surface area contributed by atoms with Crippen LogP contribution in [0, 0.1) is 6.92 Å². The summed E-state index contributed by atoms with van der Waals surface area (Å²) >= 11 is 0. The third kappa shape index (κ3) is 1.62. The lowest BCUT2D eigenvalue weighted by atomic mass is 9.91. The Morgan fingerprint density at radius 1 is 1.35 bits per heavy atom. The first-order valence-electron chi connectivity index (χ1n) is 5.41. The minimum atomic E-state index is -0.127. The van der Waals surface area contributed by atoms with Crippen molar-refractivity contribution in [3.8, 4) is 0 Å². The van der Waals surface area contributed by atoms with Crippen LogP contribution in [0.5, 0.6) is 0 Å². The maximum Gasteiger partial charge on any atom is 0.211 e. The molecule has 4 nitrogen and oxygen atoms in total. The van der Waals surface area contributed by atoms with E-state index in [1.54, 1.807) is 19.2 Å². The fraction of sp³-hybridized carbons (Fsp3) is 0.231. The molecular weight excluding hydrogens is 216 g/mol. The van der Waals surface area contributed by atoms with E-state index in [1.165, 1.54) is 0 Å². The number of fused-ring (bicyclic) bond motifs is 1. The third-order valence-electron chi connectivity index (χ3n) is 2.90. The fourth-order valence-electron chi connectivity index (χ4n) is 1.98. The summed E-state index contributed by atoms with van der Waals surface area (Å²) in [5.41, 5.74) is 2.50. The highest BCUT2D eigenvalue weighted by Crippen LogP contribution is 2.26. The van der Waals surface area contributed by atoms with Crippen molar-refractivity contribution in [3.05, 3.63) is 46.9 Å². The maximum atomic E-state index is 12.2. The second kappa shape index (κ2) is 4.05. The molecule has 1 aromatic rings. The van der Waals surface area contributed by atoms with Crippen molar-refractivity contribution >= 4 is 11.6 Å². The van der Waals surface area contributed by atoms with Crippen LogP contribution in [-0.2, 0) is 0 Å². The summed E-state index contributed by atoms with van der Waals surface area (Å²) in [4.78, 5) is 27.1. The smallest absolute Gasteiger partial charge is 0.211 e. The number of hydrogen-bond acceptors (Lipinski definition) is 3. The van der Waals surface area contributed by atoms with E-state index in [-0.39, 0.29) is 11.6 Å². The zero-order valence-corrected chi connectivity index (χ0v) is 9.89. The summed E-state index contributed by atoms with van der Waals surface area (Å²) in [7, 11) is 0. The van der Waals surface area contributed by atoms with Crippen molar-refractivity contribution in [3.63, 3.8) is 0 Å². The lowest BCUT2D eigenvalue weighted by Gasteiger charge is -2.17. The van der Waals surface area contributed by atoms with Crippen LogP contribution in [0.2, 0.25) is 0 Å². The van der Waals surface area contributed by atoms with E-state index in [4.69, 9.17) is 0 Å². The van der Waals surface area contributed by atoms with Crippen molar-refractivity contribution < 1.29 is 9.59 Å². The molecule has 0 atom stereocenters. The minimum absolute atomic E-state index is 0.126. The third-order valence-corrected chi connectivity index (χ3v) is 2.90. The minimum Gasteiger partial charge on any atom is -0.378 e. The molecule has 4 heteroatoms. The second-order valence-corrected chi connectivity index (χ2v) is 4.05. The largest absolute Gasteiger partial charge is 0.378 e. The van der Waals surface area contributed by atoms with Gasteiger partial charge in [-0.25, -0.2) is 0 Å². The molecule has 88 valence electrons. The van der Waals surface area contributed by atoms with E-state index in [9.17, 15) is 9.59 Å². The van der Waals surface area contributed by atoms with Gasteiger partial charge in [-0.1, -0.05) is 6.08 Å². The van der Waals surface area contributed by atoms with Gasteiger partial charge in [0.1, 0.15) is 0 Å². The molecule has 0 saturated heterocycles. The Labute approximate surface area is 99.4 Å². The van der Waals surface area contributed by atoms with Gasteiger partial charge in [-0.15, -0.1) is 6.58 Å². The Hall–Kier alpha value is -2.10. The average molecular weight is 230 g/mol. The van der Waals surface area contributed by atoms with Gasteiger partial charge in [0.25, 0.3) is 0 Å². The van der Waals surface area contributed by atoms with Crippen LogP contribution in [0.15, 0.2) is 30.1 Å². The normalized spacial score (nSPS) is 14.9. The van der Waals surface area contributed by atoms with Crippen molar-refractivity contribution in [2.45, 2.75) is 13.8 Å². The van der Waals surface area contributed by atoms with Crippen LogP contribution in [0.4, 0.5) is 0 Å². The van der Waals surface area contributed by atoms with Crippen molar-refractivity contribution in [1.82, 2.24) is 10.3 Å². The number of carbonyl (C=O) groups excluding carboxylic acids is 2. The highest BCUT2D eigenvalue weighted by atomic mass is 16.1. The van der Waals surface area contributed by atoms with Crippen LogP contribution in [0.25, 0.3) is 0 Å². The van der Waals surface area contributed by atoms with Gasteiger partial charge in [0.2, 0.25) is 11.6 Å². The predicted molar refractivity (Wildman–Crippen MR) is 65.1 cm³/mol. The predicted octanol–water partition coefficient (Wildman–Crippen LogP) is 1.75. The molecule has 0 fully saturated rings. The molecule has 1 aliphatic carbocycles. The Morgan fingerprint density at radius 2 is 2.06 bits per heavy atom. The molecule has 17 heavy (non-hydrogen) atoms. The monoisotopic (exact) mass is 230 g/mol. The van der Waals surface area contributed by atoms with Gasteiger partial charge in [0, 0.05) is 18.3 Å². The summed E-state index contributed by atoms with van der Waals surface area (Å²) in [6.45, 7) is 7.51. The first-order chi connectivity index (χ1) is 8.07. The Morgan fingerprint density at radius 3 is 2.71 bits per heavy atom. The molecule has 0 radical (unpaired) electrons. The molecule has 2 N–H and O–H groups in total. The standard InChI is InChI=1S/C13H14N2O2/c1-4-5-14-10-8(3)12(16)11-9(13(10)17)7(2)6-15-11/h4,6,14-15H,1,5H2,2-3H3. The summed E-state index contributed by atoms with van der Waals surface area (Å²) in [5.74, 6) is -0.253. The van der Waals surface area contributed by atoms with Crippen LogP contribution in [0.1, 0.15) is 33.3 Å². The first-order valence-corrected chi connectivity index (χ1v) is 5.41. The van der Waals surface area contributed by atoms with Gasteiger partial charge in [-0.3, -0.25) is 9.59 Å². The molecule has 2 rings (SSSR count). The Kier molecular flexibility index (Phi) is 2.71. The Bertz CT molecular complexity index is 550. The number of aromatic nitrogens is 1. The molecule has 0 saturated carbocycles. The number of ketones is 2. The van der Waals surface area contributed by atoms with Crippen LogP contribution < -0.4 is 5.32 Å². The molecule has 1 aromatic heterocycles. The van der Waals surface area contributed by atoms with E-state index < -0.39 is 0 Å². The molecule has 0 bridgehead atoms. The molecular formula is C13H14N2O2. The zero-order valence-electron chi connectivity index (χ0n) is 9.89. The Balaban J connectivity index is 2.51. The van der Waals surface area contributed by atoms with Crippen molar-refractivity contribution in [2.75, 3.05) is 6.54 Å². The van der Waals surface area contributed by atoms with Gasteiger partial charge in [-0.2, -0.15) is 0 Å². The average Bonchev–Trinajstić information content (AvgIpc) is 2.69. The molecule has 0 amide bonds. The molecule has 0 unspecified atom stereocenters. The number of allylic oxidation sites excluding steroid dienone is 2. The van der Waals surface area contributed by atoms with Crippen LogP contribution in [0.3, 0.4) is 0 Å². The summed E-state index contributed by atoms with van der Waals surface area (Å²) < 4.78 is 0. The van der Waals surface area contributed by atoms with E-state index in [1.807, 2.05) is 6.92 Å². The van der Waals surface area contributed by atoms with Gasteiger partial charge < -0.3 is 10.3 Å². The summed E-state index contributed by atoms with van der Waals surface area (Å²) in [5, 5.41) is 2.94. The van der Waals surface area contributed by atoms with E-state index in [0.717, 1.165) is 5.56 Å². The van der Waals surface area contributed by atoms with Gasteiger partial charge in [0.05, 0.1) is 17.0 Å². The van der Waals surface area contributed by atoms with Crippen molar-refractivity contribution in [2.24, 2.45) is 0 Å². The van der Waals surface area contributed by atoms with Gasteiger partial charge in [0.15, 0.2) is 0 Å².